The third-order valence-electron chi connectivity index (χ3n) is 2.85. The average molecular weight is 186 g/mol. The van der Waals surface area contributed by atoms with Gasteiger partial charge in [0.05, 0.1) is 13.2 Å². The maximum Gasteiger partial charge on any atom is 0.233 e. The van der Waals surface area contributed by atoms with Crippen molar-refractivity contribution in [1.29, 1.82) is 0 Å². The Bertz CT molecular complexity index is 176. The number of hydrogen-bond donors (Lipinski definition) is 3. The van der Waals surface area contributed by atoms with Crippen LogP contribution in [0, 0.1) is 5.41 Å². The number of amides is 1. The lowest BCUT2D eigenvalue weighted by Gasteiger charge is -2.26. The summed E-state index contributed by atoms with van der Waals surface area (Å²) >= 11 is 0. The summed E-state index contributed by atoms with van der Waals surface area (Å²) in [5.41, 5.74) is 5.10. The molecular formula is C9H18N2O2. The molecule has 0 saturated heterocycles. The zero-order valence-corrected chi connectivity index (χ0v) is 7.88. The van der Waals surface area contributed by atoms with Crippen LogP contribution in [0.2, 0.25) is 0 Å². The molecule has 0 radical (unpaired) electrons. The largest absolute Gasteiger partial charge is 0.396 e. The quantitative estimate of drug-likeness (QED) is 0.560. The normalized spacial score (nSPS) is 20.2. The molecular weight excluding hydrogens is 168 g/mol. The number of carbonyl (C=O) groups excluding carboxylic acids is 1. The zero-order valence-electron chi connectivity index (χ0n) is 7.88. The maximum atomic E-state index is 10.9. The SMILES string of the molecule is NCC(=O)NCC1(CO)CCCC1. The second-order valence-corrected chi connectivity index (χ2v) is 3.85. The predicted molar refractivity (Wildman–Crippen MR) is 50.1 cm³/mol. The van der Waals surface area contributed by atoms with Crippen LogP contribution in [0.1, 0.15) is 25.7 Å². The molecule has 0 unspecified atom stereocenters. The molecule has 76 valence electrons. The monoisotopic (exact) mass is 186 g/mol. The third kappa shape index (κ3) is 2.67. The fraction of sp³-hybridized carbons (Fsp3) is 0.889. The van der Waals surface area contributed by atoms with Gasteiger partial charge >= 0.3 is 0 Å². The molecule has 1 saturated carbocycles. The lowest BCUT2D eigenvalue weighted by atomic mass is 9.87. The number of rotatable bonds is 4. The van der Waals surface area contributed by atoms with E-state index >= 15 is 0 Å². The van der Waals surface area contributed by atoms with Gasteiger partial charge in [-0.1, -0.05) is 12.8 Å². The van der Waals surface area contributed by atoms with Crippen LogP contribution in [0.25, 0.3) is 0 Å². The van der Waals surface area contributed by atoms with Gasteiger partial charge in [0.25, 0.3) is 0 Å². The summed E-state index contributed by atoms with van der Waals surface area (Å²) < 4.78 is 0. The van der Waals surface area contributed by atoms with Crippen LogP contribution < -0.4 is 11.1 Å². The van der Waals surface area contributed by atoms with E-state index in [-0.39, 0.29) is 24.5 Å². The van der Waals surface area contributed by atoms with Gasteiger partial charge < -0.3 is 16.2 Å². The van der Waals surface area contributed by atoms with Crippen LogP contribution in [0.15, 0.2) is 0 Å². The average Bonchev–Trinajstić information content (AvgIpc) is 2.63. The van der Waals surface area contributed by atoms with Crippen molar-refractivity contribution < 1.29 is 9.90 Å². The smallest absolute Gasteiger partial charge is 0.233 e. The summed E-state index contributed by atoms with van der Waals surface area (Å²) in [7, 11) is 0. The first-order chi connectivity index (χ1) is 6.22. The summed E-state index contributed by atoms with van der Waals surface area (Å²) in [6.45, 7) is 0.763. The minimum absolute atomic E-state index is 0.0293. The highest BCUT2D eigenvalue weighted by Crippen LogP contribution is 2.36. The highest BCUT2D eigenvalue weighted by Gasteiger charge is 2.33. The summed E-state index contributed by atoms with van der Waals surface area (Å²) in [6.07, 6.45) is 4.32. The van der Waals surface area contributed by atoms with Gasteiger partial charge in [-0.25, -0.2) is 0 Å². The second kappa shape index (κ2) is 4.58. The first kappa shape index (κ1) is 10.5. The minimum atomic E-state index is -0.139. The van der Waals surface area contributed by atoms with Crippen LogP contribution in [0.3, 0.4) is 0 Å². The van der Waals surface area contributed by atoms with E-state index in [0.29, 0.717) is 6.54 Å². The number of hydrogen-bond acceptors (Lipinski definition) is 3. The van der Waals surface area contributed by atoms with Crippen LogP contribution in [-0.2, 0) is 4.79 Å². The fourth-order valence-electron chi connectivity index (χ4n) is 1.87. The molecule has 0 aliphatic heterocycles. The predicted octanol–water partition coefficient (Wildman–Crippen LogP) is -0.386. The molecule has 4 heteroatoms. The number of nitrogens with two attached hydrogens (primary N) is 1. The van der Waals surface area contributed by atoms with Crippen molar-refractivity contribution in [3.8, 4) is 0 Å². The van der Waals surface area contributed by atoms with Crippen molar-refractivity contribution in [3.05, 3.63) is 0 Å². The van der Waals surface area contributed by atoms with E-state index in [1.807, 2.05) is 0 Å². The number of nitrogens with one attached hydrogen (secondary N) is 1. The zero-order chi connectivity index (χ0) is 9.73. The van der Waals surface area contributed by atoms with E-state index in [1.165, 1.54) is 0 Å². The first-order valence-electron chi connectivity index (χ1n) is 4.80. The molecule has 0 spiro atoms. The number of aliphatic hydroxyl groups is 1. The molecule has 0 bridgehead atoms. The summed E-state index contributed by atoms with van der Waals surface area (Å²) in [4.78, 5) is 10.9. The van der Waals surface area contributed by atoms with Crippen molar-refractivity contribution in [2.45, 2.75) is 25.7 Å². The molecule has 4 nitrogen and oxygen atoms in total. The molecule has 0 aromatic rings. The van der Waals surface area contributed by atoms with Crippen molar-refractivity contribution in [3.63, 3.8) is 0 Å². The van der Waals surface area contributed by atoms with Crippen molar-refractivity contribution in [2.75, 3.05) is 19.7 Å². The standard InChI is InChI=1S/C9H18N2O2/c10-5-8(13)11-6-9(7-12)3-1-2-4-9/h12H,1-7,10H2,(H,11,13). The number of aliphatic hydroxyl groups excluding tert-OH is 1. The Balaban J connectivity index is 2.35. The fourth-order valence-corrected chi connectivity index (χ4v) is 1.87. The van der Waals surface area contributed by atoms with E-state index in [2.05, 4.69) is 5.32 Å². The minimum Gasteiger partial charge on any atom is -0.396 e. The van der Waals surface area contributed by atoms with Crippen LogP contribution >= 0.6 is 0 Å². The lowest BCUT2D eigenvalue weighted by molar-refractivity contribution is -0.120. The van der Waals surface area contributed by atoms with Gasteiger partial charge in [-0.05, 0) is 12.8 Å². The molecule has 0 heterocycles. The van der Waals surface area contributed by atoms with Crippen LogP contribution in [0.4, 0.5) is 0 Å². The molecule has 1 rings (SSSR count). The van der Waals surface area contributed by atoms with E-state index in [9.17, 15) is 9.90 Å². The molecule has 1 fully saturated rings. The molecule has 4 N–H and O–H groups in total. The molecule has 1 aliphatic rings. The topological polar surface area (TPSA) is 75.4 Å². The van der Waals surface area contributed by atoms with Gasteiger partial charge in [0.1, 0.15) is 0 Å². The van der Waals surface area contributed by atoms with Crippen LogP contribution in [-0.4, -0.2) is 30.7 Å². The van der Waals surface area contributed by atoms with Crippen molar-refractivity contribution >= 4 is 5.91 Å². The molecule has 0 aromatic heterocycles. The Morgan fingerprint density at radius 3 is 2.54 bits per heavy atom. The van der Waals surface area contributed by atoms with E-state index in [4.69, 9.17) is 5.73 Å². The van der Waals surface area contributed by atoms with Crippen molar-refractivity contribution in [1.82, 2.24) is 5.32 Å². The Morgan fingerprint density at radius 2 is 2.08 bits per heavy atom. The summed E-state index contributed by atoms with van der Waals surface area (Å²) in [6, 6.07) is 0. The van der Waals surface area contributed by atoms with Gasteiger partial charge in [0, 0.05) is 12.0 Å². The number of carbonyl (C=O) groups is 1. The maximum absolute atomic E-state index is 10.9. The van der Waals surface area contributed by atoms with E-state index < -0.39 is 0 Å². The van der Waals surface area contributed by atoms with Gasteiger partial charge in [-0.15, -0.1) is 0 Å². The second-order valence-electron chi connectivity index (χ2n) is 3.85. The molecule has 13 heavy (non-hydrogen) atoms. The summed E-state index contributed by atoms with van der Waals surface area (Å²) in [5, 5.41) is 12.0. The highest BCUT2D eigenvalue weighted by molar-refractivity contribution is 5.77. The molecule has 1 aliphatic carbocycles. The van der Waals surface area contributed by atoms with Crippen LogP contribution in [0.5, 0.6) is 0 Å². The lowest BCUT2D eigenvalue weighted by Crippen LogP contribution is -2.40. The van der Waals surface area contributed by atoms with E-state index in [0.717, 1.165) is 25.7 Å². The Kier molecular flexibility index (Phi) is 3.69. The molecule has 0 aromatic carbocycles. The van der Waals surface area contributed by atoms with Gasteiger partial charge in [-0.3, -0.25) is 4.79 Å². The Morgan fingerprint density at radius 1 is 1.46 bits per heavy atom. The summed E-state index contributed by atoms with van der Waals surface area (Å²) in [5.74, 6) is -0.139. The molecule has 1 amide bonds. The van der Waals surface area contributed by atoms with E-state index in [1.54, 1.807) is 0 Å². The van der Waals surface area contributed by atoms with Gasteiger partial charge in [0.15, 0.2) is 0 Å². The molecule has 0 atom stereocenters. The Hall–Kier alpha value is -0.610. The highest BCUT2D eigenvalue weighted by atomic mass is 16.3. The Labute approximate surface area is 78.5 Å². The van der Waals surface area contributed by atoms with Gasteiger partial charge in [-0.2, -0.15) is 0 Å². The first-order valence-corrected chi connectivity index (χ1v) is 4.80. The van der Waals surface area contributed by atoms with Crippen molar-refractivity contribution in [2.24, 2.45) is 11.1 Å². The third-order valence-corrected chi connectivity index (χ3v) is 2.85. The van der Waals surface area contributed by atoms with Gasteiger partial charge in [0.2, 0.25) is 5.91 Å².